The Morgan fingerprint density at radius 3 is 2.02 bits per heavy atom. The third-order valence-electron chi connectivity index (χ3n) is 10.9. The van der Waals surface area contributed by atoms with E-state index in [-0.39, 0.29) is 17.1 Å². The maximum absolute atomic E-state index is 14.4. The molecule has 65 heavy (non-hydrogen) atoms. The van der Waals surface area contributed by atoms with E-state index in [4.69, 9.17) is 37.6 Å². The monoisotopic (exact) mass is 918 g/mol. The minimum Gasteiger partial charge on any atom is -0.508 e. The number of aliphatic hydroxyl groups excluding tert-OH is 9. The van der Waals surface area contributed by atoms with Gasteiger partial charge in [-0.1, -0.05) is 12.1 Å². The highest BCUT2D eigenvalue weighted by Gasteiger charge is 2.50. The first-order valence-electron chi connectivity index (χ1n) is 19.9. The molecular formula is C42H46O23. The lowest BCUT2D eigenvalue weighted by atomic mass is 9.98. The summed E-state index contributed by atoms with van der Waals surface area (Å²) in [5.74, 6) is -4.96. The van der Waals surface area contributed by atoms with Crippen LogP contribution in [0.25, 0.3) is 28.4 Å². The summed E-state index contributed by atoms with van der Waals surface area (Å²) in [6.45, 7) is -0.145. The standard InChI is InChI=1S/C42H46O23/c1-15-28(49)31(52)34(55)40(59-15)58-14-25-38(64-26(48)9-4-16-2-6-18(44)7-3-16)33(54)36(57)42(63-25)65-39-30(51)27-22(47)11-19(60-41-35(56)32(53)29(50)24(13-43)62-41)12-23(27)61-37(39)17-5-8-20(45)21(46)10-17/h2-12,15,24-25,28-29,31-36,38,40-47,49-50,52-57H,13-14H2,1H3/t15-,24+,25+,28-,29+,31+,32-,33+,34+,35+,36+,38-,40-,41+,42-/m0/s1. The first-order valence-corrected chi connectivity index (χ1v) is 19.9. The molecule has 7 rings (SSSR count). The number of hydrogen-bond donors (Lipinski definition) is 13. The molecule has 23 heteroatoms. The van der Waals surface area contributed by atoms with Crippen LogP contribution in [0.5, 0.6) is 34.5 Å². The smallest absolute Gasteiger partial charge is 0.331 e. The molecule has 0 amide bonds. The summed E-state index contributed by atoms with van der Waals surface area (Å²) in [5.41, 5.74) is -1.31. The fourth-order valence-electron chi connectivity index (χ4n) is 7.25. The zero-order chi connectivity index (χ0) is 47.0. The lowest BCUT2D eigenvalue weighted by molar-refractivity contribution is -0.319. The molecule has 3 saturated heterocycles. The van der Waals surface area contributed by atoms with Crippen LogP contribution >= 0.6 is 0 Å². The van der Waals surface area contributed by atoms with Crippen molar-refractivity contribution >= 4 is 23.0 Å². The van der Waals surface area contributed by atoms with Gasteiger partial charge in [0.05, 0.1) is 19.3 Å². The molecule has 3 aliphatic heterocycles. The van der Waals surface area contributed by atoms with E-state index in [1.807, 2.05) is 0 Å². The van der Waals surface area contributed by atoms with Gasteiger partial charge in [0.1, 0.15) is 89.3 Å². The molecule has 0 unspecified atom stereocenters. The van der Waals surface area contributed by atoms with Gasteiger partial charge in [0, 0.05) is 23.8 Å². The van der Waals surface area contributed by atoms with Gasteiger partial charge >= 0.3 is 5.97 Å². The predicted octanol–water partition coefficient (Wildman–Crippen LogP) is -2.24. The van der Waals surface area contributed by atoms with Crippen molar-refractivity contribution in [1.82, 2.24) is 0 Å². The molecule has 0 bridgehead atoms. The van der Waals surface area contributed by atoms with Gasteiger partial charge in [0.25, 0.3) is 0 Å². The van der Waals surface area contributed by atoms with Crippen molar-refractivity contribution in [2.75, 3.05) is 13.2 Å². The summed E-state index contributed by atoms with van der Waals surface area (Å²) in [6.07, 6.45) is -23.8. The van der Waals surface area contributed by atoms with E-state index in [0.717, 1.165) is 30.3 Å². The summed E-state index contributed by atoms with van der Waals surface area (Å²) in [4.78, 5) is 27.5. The van der Waals surface area contributed by atoms with Crippen molar-refractivity contribution in [3.05, 3.63) is 76.5 Å². The number of carbonyl (C=O) groups is 1. The van der Waals surface area contributed by atoms with Gasteiger partial charge in [0.2, 0.25) is 23.8 Å². The van der Waals surface area contributed by atoms with Crippen molar-refractivity contribution in [3.63, 3.8) is 0 Å². The zero-order valence-electron chi connectivity index (χ0n) is 33.8. The van der Waals surface area contributed by atoms with Crippen molar-refractivity contribution < 1.29 is 109 Å². The minimum absolute atomic E-state index is 0.0373. The molecule has 3 fully saturated rings. The second-order valence-electron chi connectivity index (χ2n) is 15.4. The number of aliphatic hydroxyl groups is 9. The van der Waals surface area contributed by atoms with E-state index in [1.165, 1.54) is 43.3 Å². The van der Waals surface area contributed by atoms with Crippen LogP contribution in [0.2, 0.25) is 0 Å². The van der Waals surface area contributed by atoms with Gasteiger partial charge in [0.15, 0.2) is 29.7 Å². The molecule has 0 aliphatic carbocycles. The average Bonchev–Trinajstić information content (AvgIpc) is 3.28. The fraction of sp³-hybridized carbons (Fsp3) is 0.429. The van der Waals surface area contributed by atoms with Gasteiger partial charge in [-0.3, -0.25) is 4.79 Å². The SMILES string of the molecule is C[C@@H]1O[C@H](OC[C@H]2O[C@@H](Oc3c(-c4ccc(O)c(O)c4)oc4cc(O[C@@H]5O[C@H](CO)[C@@H](O)[C@H](O)[C@H]5O)cc(O)c4c3=O)[C@H](O)[C@@H](O)[C@H]2OC(=O)C=Cc2ccc(O)cc2)[C@H](O)[C@H](O)[C@H]1O. The van der Waals surface area contributed by atoms with Gasteiger partial charge in [-0.25, -0.2) is 4.79 Å². The Morgan fingerprint density at radius 2 is 1.32 bits per heavy atom. The molecule has 13 N–H and O–H groups in total. The highest BCUT2D eigenvalue weighted by molar-refractivity contribution is 5.89. The second kappa shape index (κ2) is 19.4. The molecule has 0 saturated carbocycles. The average molecular weight is 919 g/mol. The summed E-state index contributed by atoms with van der Waals surface area (Å²) in [7, 11) is 0. The number of rotatable bonds is 12. The van der Waals surface area contributed by atoms with Crippen LogP contribution in [0.15, 0.2) is 69.9 Å². The highest BCUT2D eigenvalue weighted by atomic mass is 16.7. The lowest BCUT2D eigenvalue weighted by Gasteiger charge is -2.43. The van der Waals surface area contributed by atoms with Crippen molar-refractivity contribution in [2.24, 2.45) is 0 Å². The van der Waals surface area contributed by atoms with Crippen LogP contribution in [0.1, 0.15) is 12.5 Å². The Hall–Kier alpha value is -5.64. The van der Waals surface area contributed by atoms with E-state index in [9.17, 15) is 76.0 Å². The van der Waals surface area contributed by atoms with Crippen molar-refractivity contribution in [3.8, 4) is 45.8 Å². The number of esters is 1. The first-order chi connectivity index (χ1) is 30.9. The summed E-state index contributed by atoms with van der Waals surface area (Å²) >= 11 is 0. The van der Waals surface area contributed by atoms with Gasteiger partial charge in [-0.15, -0.1) is 0 Å². The highest BCUT2D eigenvalue weighted by Crippen LogP contribution is 2.40. The molecule has 3 aromatic carbocycles. The number of aromatic hydroxyl groups is 4. The molecule has 352 valence electrons. The van der Waals surface area contributed by atoms with Crippen LogP contribution in [0.4, 0.5) is 0 Å². The Balaban J connectivity index is 1.23. The van der Waals surface area contributed by atoms with E-state index in [1.54, 1.807) is 0 Å². The zero-order valence-corrected chi connectivity index (χ0v) is 33.8. The third kappa shape index (κ3) is 9.83. The van der Waals surface area contributed by atoms with Crippen LogP contribution in [-0.2, 0) is 28.5 Å². The maximum atomic E-state index is 14.4. The van der Waals surface area contributed by atoms with E-state index >= 15 is 0 Å². The van der Waals surface area contributed by atoms with Crippen LogP contribution in [0, 0.1) is 0 Å². The third-order valence-corrected chi connectivity index (χ3v) is 10.9. The number of benzene rings is 3. The van der Waals surface area contributed by atoms with Crippen LogP contribution in [-0.4, -0.2) is 178 Å². The maximum Gasteiger partial charge on any atom is 0.331 e. The van der Waals surface area contributed by atoms with E-state index < -0.39 is 156 Å². The molecular weight excluding hydrogens is 872 g/mol. The molecule has 3 aliphatic rings. The normalized spacial score (nSPS) is 32.9. The van der Waals surface area contributed by atoms with Crippen molar-refractivity contribution in [2.45, 2.75) is 99.0 Å². The molecule has 0 spiro atoms. The predicted molar refractivity (Wildman–Crippen MR) is 214 cm³/mol. The number of phenols is 4. The first kappa shape index (κ1) is 47.3. The van der Waals surface area contributed by atoms with E-state index in [0.29, 0.717) is 5.56 Å². The lowest BCUT2D eigenvalue weighted by Crippen LogP contribution is -2.62. The molecule has 23 nitrogen and oxygen atoms in total. The summed E-state index contributed by atoms with van der Waals surface area (Å²) in [6, 6.07) is 10.8. The number of carbonyl (C=O) groups excluding carboxylic acids is 1. The topological polar surface area (TPSA) is 375 Å². The summed E-state index contributed by atoms with van der Waals surface area (Å²) in [5, 5.41) is 135. The van der Waals surface area contributed by atoms with Gasteiger partial charge < -0.3 is 104 Å². The van der Waals surface area contributed by atoms with Crippen molar-refractivity contribution in [1.29, 1.82) is 0 Å². The fourth-order valence-corrected chi connectivity index (χ4v) is 7.25. The number of hydrogen-bond acceptors (Lipinski definition) is 23. The Bertz CT molecular complexity index is 2400. The second-order valence-corrected chi connectivity index (χ2v) is 15.4. The quantitative estimate of drug-likeness (QED) is 0.0406. The number of phenolic OH excluding ortho intramolecular Hbond substituents is 4. The molecule has 15 atom stereocenters. The Morgan fingerprint density at radius 1 is 0.677 bits per heavy atom. The van der Waals surface area contributed by atoms with Crippen LogP contribution < -0.4 is 14.9 Å². The molecule has 0 radical (unpaired) electrons. The van der Waals surface area contributed by atoms with Gasteiger partial charge in [-0.05, 0) is 48.9 Å². The van der Waals surface area contributed by atoms with Gasteiger partial charge in [-0.2, -0.15) is 0 Å². The molecule has 1 aromatic heterocycles. The molecule has 4 aromatic rings. The van der Waals surface area contributed by atoms with E-state index in [2.05, 4.69) is 0 Å². The number of fused-ring (bicyclic) bond motifs is 1. The number of ether oxygens (including phenoxy) is 7. The Labute approximate surface area is 365 Å². The largest absolute Gasteiger partial charge is 0.508 e. The van der Waals surface area contributed by atoms with Crippen LogP contribution in [0.3, 0.4) is 0 Å². The summed E-state index contributed by atoms with van der Waals surface area (Å²) < 4.78 is 45.5. The Kier molecular flexibility index (Phi) is 14.2. The minimum atomic E-state index is -2.17. The molecule has 4 heterocycles.